The van der Waals surface area contributed by atoms with E-state index in [0.717, 1.165) is 37.8 Å². The number of aromatic nitrogens is 5. The Bertz CT molecular complexity index is 1370. The molecule has 0 saturated heterocycles. The highest BCUT2D eigenvalue weighted by Crippen LogP contribution is 2.34. The minimum Gasteiger partial charge on any atom is -0.348 e. The average molecular weight is 545 g/mol. The Balaban J connectivity index is 1.38. The molecule has 1 N–H and O–H groups in total. The van der Waals surface area contributed by atoms with Gasteiger partial charge in [0, 0.05) is 29.4 Å². The summed E-state index contributed by atoms with van der Waals surface area (Å²) >= 11 is 2.65. The first-order valence-corrected chi connectivity index (χ1v) is 13.7. The summed E-state index contributed by atoms with van der Waals surface area (Å²) in [5, 5.41) is 14.4. The molecule has 37 heavy (non-hydrogen) atoms. The fraction of sp³-hybridized carbons (Fsp3) is 0.320. The molecule has 12 heteroatoms. The zero-order valence-electron chi connectivity index (χ0n) is 19.6. The molecule has 0 unspecified atom stereocenters. The molecule has 1 aliphatic carbocycles. The number of carbonyl (C=O) groups excluding carboxylic acids is 1. The first-order valence-electron chi connectivity index (χ1n) is 11.8. The van der Waals surface area contributed by atoms with Gasteiger partial charge in [-0.25, -0.2) is 4.98 Å². The van der Waals surface area contributed by atoms with Crippen LogP contribution in [0.5, 0.6) is 0 Å². The lowest BCUT2D eigenvalue weighted by Crippen LogP contribution is -2.36. The molecule has 1 aliphatic rings. The number of halogens is 3. The average Bonchev–Trinajstić information content (AvgIpc) is 3.56. The molecule has 0 atom stereocenters. The Morgan fingerprint density at radius 1 is 1.14 bits per heavy atom. The number of alkyl halides is 3. The monoisotopic (exact) mass is 544 g/mol. The number of hydrogen-bond donors (Lipinski definition) is 1. The third-order valence-corrected chi connectivity index (χ3v) is 8.01. The van der Waals surface area contributed by atoms with Gasteiger partial charge in [0.15, 0.2) is 11.0 Å². The van der Waals surface area contributed by atoms with Crippen molar-refractivity contribution in [1.29, 1.82) is 0 Å². The van der Waals surface area contributed by atoms with Gasteiger partial charge in [0.25, 0.3) is 5.91 Å². The van der Waals surface area contributed by atoms with E-state index in [4.69, 9.17) is 0 Å². The maximum Gasteiger partial charge on any atom is 0.416 e. The number of thiazole rings is 1. The second kappa shape index (κ2) is 11.0. The topological polar surface area (TPSA) is 85.6 Å². The van der Waals surface area contributed by atoms with E-state index in [0.29, 0.717) is 33.0 Å². The van der Waals surface area contributed by atoms with Crippen molar-refractivity contribution in [3.05, 3.63) is 70.4 Å². The van der Waals surface area contributed by atoms with Gasteiger partial charge < -0.3 is 5.32 Å². The van der Waals surface area contributed by atoms with Gasteiger partial charge in [0.1, 0.15) is 10.7 Å². The Labute approximate surface area is 219 Å². The van der Waals surface area contributed by atoms with E-state index < -0.39 is 11.7 Å². The van der Waals surface area contributed by atoms with Gasteiger partial charge >= 0.3 is 6.18 Å². The summed E-state index contributed by atoms with van der Waals surface area (Å²) in [5.41, 5.74) is 0.518. The second-order valence-electron chi connectivity index (χ2n) is 8.65. The van der Waals surface area contributed by atoms with Crippen molar-refractivity contribution in [1.82, 2.24) is 30.0 Å². The van der Waals surface area contributed by atoms with Gasteiger partial charge in [0.05, 0.1) is 17.0 Å². The first-order chi connectivity index (χ1) is 17.9. The molecule has 7 nitrogen and oxygen atoms in total. The van der Waals surface area contributed by atoms with Crippen LogP contribution < -0.4 is 5.32 Å². The standard InChI is InChI=1S/C25H23F3N6OS2/c26-25(27,28)17-7-4-10-19(12-17)34-22(16-6-5-11-29-13-16)32-33-24(34)37-15-21-31-20(14-36-21)23(35)30-18-8-2-1-3-9-18/h4-7,10-14,18H,1-3,8-9,15H2,(H,30,35). The molecule has 0 bridgehead atoms. The van der Waals surface area contributed by atoms with Crippen LogP contribution in [0.15, 0.2) is 59.3 Å². The van der Waals surface area contributed by atoms with Crippen molar-refractivity contribution in [3.8, 4) is 17.1 Å². The molecule has 1 saturated carbocycles. The fourth-order valence-electron chi connectivity index (χ4n) is 4.21. The number of nitrogens with one attached hydrogen (secondary N) is 1. The Kier molecular flexibility index (Phi) is 7.56. The van der Waals surface area contributed by atoms with E-state index in [1.807, 2.05) is 0 Å². The first kappa shape index (κ1) is 25.4. The van der Waals surface area contributed by atoms with E-state index in [-0.39, 0.29) is 17.6 Å². The quantitative estimate of drug-likeness (QED) is 0.281. The summed E-state index contributed by atoms with van der Waals surface area (Å²) in [6.45, 7) is 0. The summed E-state index contributed by atoms with van der Waals surface area (Å²) in [7, 11) is 0. The van der Waals surface area contributed by atoms with E-state index in [9.17, 15) is 18.0 Å². The molecular weight excluding hydrogens is 521 g/mol. The summed E-state index contributed by atoms with van der Waals surface area (Å²) in [6, 6.07) is 8.73. The third-order valence-electron chi connectivity index (χ3n) is 6.03. The molecule has 1 aromatic carbocycles. The largest absolute Gasteiger partial charge is 0.416 e. The number of thioether (sulfide) groups is 1. The summed E-state index contributed by atoms with van der Waals surface area (Å²) in [4.78, 5) is 21.2. The highest BCUT2D eigenvalue weighted by Gasteiger charge is 2.31. The Morgan fingerprint density at radius 2 is 1.97 bits per heavy atom. The van der Waals surface area contributed by atoms with E-state index in [1.165, 1.54) is 35.6 Å². The van der Waals surface area contributed by atoms with Crippen molar-refractivity contribution in [3.63, 3.8) is 0 Å². The van der Waals surface area contributed by atoms with Gasteiger partial charge in [-0.15, -0.1) is 21.5 Å². The molecule has 0 radical (unpaired) electrons. The number of amides is 1. The zero-order chi connectivity index (χ0) is 25.8. The summed E-state index contributed by atoms with van der Waals surface area (Å²) in [6.07, 6.45) is 4.13. The third kappa shape index (κ3) is 6.02. The minimum absolute atomic E-state index is 0.176. The van der Waals surface area contributed by atoms with Crippen LogP contribution in [-0.4, -0.2) is 36.7 Å². The Hall–Kier alpha value is -3.25. The smallest absolute Gasteiger partial charge is 0.348 e. The zero-order valence-corrected chi connectivity index (χ0v) is 21.2. The van der Waals surface area contributed by atoms with Crippen LogP contribution in [-0.2, 0) is 11.9 Å². The van der Waals surface area contributed by atoms with Crippen LogP contribution in [0.4, 0.5) is 13.2 Å². The highest BCUT2D eigenvalue weighted by molar-refractivity contribution is 7.98. The van der Waals surface area contributed by atoms with Crippen molar-refractivity contribution in [2.45, 2.75) is 55.2 Å². The van der Waals surface area contributed by atoms with Crippen molar-refractivity contribution in [2.75, 3.05) is 0 Å². The maximum absolute atomic E-state index is 13.4. The van der Waals surface area contributed by atoms with Crippen molar-refractivity contribution < 1.29 is 18.0 Å². The number of rotatable bonds is 7. The molecule has 1 amide bonds. The molecule has 3 aromatic heterocycles. The molecule has 192 valence electrons. The normalized spacial score (nSPS) is 14.6. The van der Waals surface area contributed by atoms with Crippen LogP contribution in [0.1, 0.15) is 53.2 Å². The SMILES string of the molecule is O=C(NC1CCCCC1)c1csc(CSc2nnc(-c3cccnc3)n2-c2cccc(C(F)(F)F)c2)n1. The Morgan fingerprint density at radius 3 is 2.73 bits per heavy atom. The highest BCUT2D eigenvalue weighted by atomic mass is 32.2. The minimum atomic E-state index is -4.48. The molecule has 0 spiro atoms. The number of hydrogen-bond acceptors (Lipinski definition) is 7. The molecule has 3 heterocycles. The summed E-state index contributed by atoms with van der Waals surface area (Å²) < 4.78 is 41.9. The van der Waals surface area contributed by atoms with Crippen LogP contribution in [0, 0.1) is 0 Å². The van der Waals surface area contributed by atoms with Crippen LogP contribution >= 0.6 is 23.1 Å². The second-order valence-corrected chi connectivity index (χ2v) is 10.5. The maximum atomic E-state index is 13.4. The fourth-order valence-corrected chi connectivity index (χ4v) is 5.96. The van der Waals surface area contributed by atoms with Gasteiger partial charge in [0.2, 0.25) is 0 Å². The number of benzene rings is 1. The lowest BCUT2D eigenvalue weighted by Gasteiger charge is -2.22. The van der Waals surface area contributed by atoms with Crippen LogP contribution in [0.3, 0.4) is 0 Å². The number of pyridine rings is 1. The van der Waals surface area contributed by atoms with E-state index >= 15 is 0 Å². The van der Waals surface area contributed by atoms with Crippen LogP contribution in [0.2, 0.25) is 0 Å². The number of nitrogens with zero attached hydrogens (tertiary/aromatic N) is 5. The van der Waals surface area contributed by atoms with Gasteiger partial charge in [-0.2, -0.15) is 13.2 Å². The molecular formula is C25H23F3N6OS2. The van der Waals surface area contributed by atoms with Crippen molar-refractivity contribution in [2.24, 2.45) is 0 Å². The predicted molar refractivity (Wildman–Crippen MR) is 136 cm³/mol. The lowest BCUT2D eigenvalue weighted by atomic mass is 9.95. The molecule has 5 rings (SSSR count). The van der Waals surface area contributed by atoms with Gasteiger partial charge in [-0.1, -0.05) is 37.1 Å². The molecule has 4 aromatic rings. The van der Waals surface area contributed by atoms with Gasteiger partial charge in [-0.05, 0) is 43.2 Å². The number of carbonyl (C=O) groups is 1. The van der Waals surface area contributed by atoms with E-state index in [2.05, 4.69) is 25.5 Å². The molecule has 1 fully saturated rings. The van der Waals surface area contributed by atoms with Gasteiger partial charge in [-0.3, -0.25) is 14.3 Å². The lowest BCUT2D eigenvalue weighted by molar-refractivity contribution is -0.137. The summed E-state index contributed by atoms with van der Waals surface area (Å²) in [5.74, 6) is 0.581. The van der Waals surface area contributed by atoms with Crippen molar-refractivity contribution >= 4 is 29.0 Å². The molecule has 0 aliphatic heterocycles. The van der Waals surface area contributed by atoms with Crippen LogP contribution in [0.25, 0.3) is 17.1 Å². The van der Waals surface area contributed by atoms with E-state index in [1.54, 1.807) is 40.5 Å². The predicted octanol–water partition coefficient (Wildman–Crippen LogP) is 6.16.